The van der Waals surface area contributed by atoms with E-state index in [2.05, 4.69) is 0 Å². The predicted octanol–water partition coefficient (Wildman–Crippen LogP) is 4.79. The first-order valence-electron chi connectivity index (χ1n) is 7.62. The van der Waals surface area contributed by atoms with Gasteiger partial charge in [-0.3, -0.25) is 0 Å². The van der Waals surface area contributed by atoms with Crippen molar-refractivity contribution in [2.24, 2.45) is 0 Å². The van der Waals surface area contributed by atoms with Gasteiger partial charge in [-0.25, -0.2) is 17.6 Å². The van der Waals surface area contributed by atoms with Crippen LogP contribution < -0.4 is 0 Å². The summed E-state index contributed by atoms with van der Waals surface area (Å²) in [6.07, 6.45) is 3.06. The molecule has 0 aliphatic carbocycles. The lowest BCUT2D eigenvalue weighted by Gasteiger charge is -2.23. The summed E-state index contributed by atoms with van der Waals surface area (Å²) < 4.78 is 66.7. The molecule has 0 saturated carbocycles. The Balaban J connectivity index is 2.21. The highest BCUT2D eigenvalue weighted by Crippen LogP contribution is 2.26. The van der Waals surface area contributed by atoms with Crippen LogP contribution in [0.5, 0.6) is 0 Å². The highest BCUT2D eigenvalue weighted by molar-refractivity contribution is 5.31. The minimum absolute atomic E-state index is 0.208. The highest BCUT2D eigenvalue weighted by Gasteiger charge is 2.26. The van der Waals surface area contributed by atoms with E-state index >= 15 is 0 Å². The van der Waals surface area contributed by atoms with Crippen molar-refractivity contribution in [2.45, 2.75) is 52.4 Å². The first-order chi connectivity index (χ1) is 10.9. The molecule has 0 spiro atoms. The quantitative estimate of drug-likeness (QED) is 0.438. The zero-order valence-electron chi connectivity index (χ0n) is 13.2. The first-order valence-corrected chi connectivity index (χ1v) is 7.62. The van der Waals surface area contributed by atoms with Crippen LogP contribution in [0.25, 0.3) is 0 Å². The van der Waals surface area contributed by atoms with Gasteiger partial charge in [0.15, 0.2) is 29.6 Å². The molecule has 1 fully saturated rings. The van der Waals surface area contributed by atoms with Gasteiger partial charge in [0.25, 0.3) is 0 Å². The van der Waals surface area contributed by atoms with Crippen molar-refractivity contribution < 1.29 is 27.0 Å². The van der Waals surface area contributed by atoms with Gasteiger partial charge in [0.05, 0.1) is 12.2 Å². The van der Waals surface area contributed by atoms with Gasteiger partial charge < -0.3 is 9.47 Å². The summed E-state index contributed by atoms with van der Waals surface area (Å²) >= 11 is 0. The van der Waals surface area contributed by atoms with Gasteiger partial charge in [0, 0.05) is 12.2 Å². The fourth-order valence-corrected chi connectivity index (χ4v) is 2.35. The molecule has 0 radical (unpaired) electrons. The van der Waals surface area contributed by atoms with Crippen molar-refractivity contribution in [3.8, 4) is 0 Å². The van der Waals surface area contributed by atoms with Gasteiger partial charge in [0.2, 0.25) is 0 Å². The Labute approximate surface area is 133 Å². The molecule has 23 heavy (non-hydrogen) atoms. The average molecular weight is 332 g/mol. The fraction of sp³-hybridized carbons (Fsp3) is 0.529. The zero-order valence-corrected chi connectivity index (χ0v) is 13.2. The molecule has 1 aromatic rings. The Morgan fingerprint density at radius 2 is 1.65 bits per heavy atom. The number of hydrogen-bond donors (Lipinski definition) is 0. The molecule has 1 saturated heterocycles. The first kappa shape index (κ1) is 17.9. The molecule has 1 unspecified atom stereocenters. The van der Waals surface area contributed by atoms with Gasteiger partial charge in [-0.1, -0.05) is 11.6 Å². The van der Waals surface area contributed by atoms with Crippen LogP contribution in [0.15, 0.2) is 11.6 Å². The Kier molecular flexibility index (Phi) is 6.18. The predicted molar refractivity (Wildman–Crippen MR) is 77.8 cm³/mol. The Morgan fingerprint density at radius 1 is 1.04 bits per heavy atom. The van der Waals surface area contributed by atoms with Crippen LogP contribution in [0.3, 0.4) is 0 Å². The maximum Gasteiger partial charge on any atom is 0.167 e. The van der Waals surface area contributed by atoms with E-state index in [0.717, 1.165) is 18.4 Å². The summed E-state index contributed by atoms with van der Waals surface area (Å²) in [5, 5.41) is 0. The molecule has 1 aromatic carbocycles. The minimum Gasteiger partial charge on any atom is -0.353 e. The summed E-state index contributed by atoms with van der Waals surface area (Å²) in [6, 6.07) is 0. The summed E-state index contributed by atoms with van der Waals surface area (Å²) in [5.41, 5.74) is -0.555. The number of hydrogen-bond acceptors (Lipinski definition) is 2. The lowest BCUT2D eigenvalue weighted by atomic mass is 10.0. The van der Waals surface area contributed by atoms with E-state index in [-0.39, 0.29) is 6.42 Å². The summed E-state index contributed by atoms with van der Waals surface area (Å²) in [4.78, 5) is 0. The minimum atomic E-state index is -1.41. The van der Waals surface area contributed by atoms with Gasteiger partial charge in [0.1, 0.15) is 0 Å². The van der Waals surface area contributed by atoms with Crippen molar-refractivity contribution >= 4 is 0 Å². The van der Waals surface area contributed by atoms with E-state index in [1.807, 2.05) is 0 Å². The third kappa shape index (κ3) is 4.32. The van der Waals surface area contributed by atoms with Crippen molar-refractivity contribution in [1.29, 1.82) is 0 Å². The van der Waals surface area contributed by atoms with E-state index in [9.17, 15) is 17.6 Å². The maximum atomic E-state index is 14.1. The molecule has 6 heteroatoms. The molecular formula is C17H20F4O2. The molecule has 1 atom stereocenters. The standard InChI is InChI=1S/C17H20F4O2/c1-10(2)6-7-11-14(18)16(20)12(17(21)15(11)19)9-23-13-5-3-4-8-22-13/h6,13H,3-5,7-9H2,1-2H3. The molecule has 0 bridgehead atoms. The second-order valence-electron chi connectivity index (χ2n) is 5.81. The van der Waals surface area contributed by atoms with Gasteiger partial charge in [-0.15, -0.1) is 0 Å². The average Bonchev–Trinajstić information content (AvgIpc) is 2.53. The van der Waals surface area contributed by atoms with Crippen LogP contribution in [0.4, 0.5) is 17.6 Å². The molecule has 2 rings (SSSR count). The third-order valence-corrected chi connectivity index (χ3v) is 3.71. The van der Waals surface area contributed by atoms with Crippen LogP contribution in [0.2, 0.25) is 0 Å². The SMILES string of the molecule is CC(C)=CCc1c(F)c(F)c(COC2CCCCO2)c(F)c1F. The molecule has 1 heterocycles. The highest BCUT2D eigenvalue weighted by atomic mass is 19.2. The Hall–Kier alpha value is -1.40. The van der Waals surface area contributed by atoms with E-state index in [1.54, 1.807) is 13.8 Å². The molecule has 0 N–H and O–H groups in total. The molecule has 1 aliphatic heterocycles. The number of halogens is 4. The number of rotatable bonds is 5. The summed E-state index contributed by atoms with van der Waals surface area (Å²) in [6.45, 7) is 3.39. The second kappa shape index (κ2) is 7.93. The second-order valence-corrected chi connectivity index (χ2v) is 5.81. The third-order valence-electron chi connectivity index (χ3n) is 3.71. The number of allylic oxidation sites excluding steroid dienone is 2. The van der Waals surface area contributed by atoms with Crippen molar-refractivity contribution in [1.82, 2.24) is 0 Å². The maximum absolute atomic E-state index is 14.1. The van der Waals surface area contributed by atoms with Crippen LogP contribution in [-0.2, 0) is 22.5 Å². The molecule has 0 aromatic heterocycles. The number of benzene rings is 1. The van der Waals surface area contributed by atoms with Crippen LogP contribution in [0, 0.1) is 23.3 Å². The van der Waals surface area contributed by atoms with Gasteiger partial charge >= 0.3 is 0 Å². The van der Waals surface area contributed by atoms with Gasteiger partial charge in [-0.05, 0) is 39.5 Å². The molecule has 1 aliphatic rings. The Bertz CT molecular complexity index is 560. The normalized spacial score (nSPS) is 18.1. The smallest absolute Gasteiger partial charge is 0.167 e. The Morgan fingerprint density at radius 3 is 2.17 bits per heavy atom. The molecule has 2 nitrogen and oxygen atoms in total. The van der Waals surface area contributed by atoms with E-state index in [1.165, 1.54) is 6.08 Å². The molecular weight excluding hydrogens is 312 g/mol. The van der Waals surface area contributed by atoms with Crippen molar-refractivity contribution in [3.05, 3.63) is 46.0 Å². The monoisotopic (exact) mass is 332 g/mol. The van der Waals surface area contributed by atoms with Crippen molar-refractivity contribution in [2.75, 3.05) is 6.61 Å². The largest absolute Gasteiger partial charge is 0.353 e. The van der Waals surface area contributed by atoms with Crippen LogP contribution in [0.1, 0.15) is 44.2 Å². The van der Waals surface area contributed by atoms with Gasteiger partial charge in [-0.2, -0.15) is 0 Å². The van der Waals surface area contributed by atoms with Crippen LogP contribution in [-0.4, -0.2) is 12.9 Å². The summed E-state index contributed by atoms with van der Waals surface area (Å²) in [5.74, 6) is -5.55. The van der Waals surface area contributed by atoms with E-state index < -0.39 is 47.3 Å². The number of ether oxygens (including phenoxy) is 2. The lowest BCUT2D eigenvalue weighted by molar-refractivity contribution is -0.169. The van der Waals surface area contributed by atoms with E-state index in [4.69, 9.17) is 9.47 Å². The summed E-state index contributed by atoms with van der Waals surface area (Å²) in [7, 11) is 0. The molecule has 128 valence electrons. The van der Waals surface area contributed by atoms with Crippen molar-refractivity contribution in [3.63, 3.8) is 0 Å². The fourth-order valence-electron chi connectivity index (χ4n) is 2.35. The molecule has 0 amide bonds. The topological polar surface area (TPSA) is 18.5 Å². The lowest BCUT2D eigenvalue weighted by Crippen LogP contribution is -2.23. The van der Waals surface area contributed by atoms with E-state index in [0.29, 0.717) is 13.0 Å². The zero-order chi connectivity index (χ0) is 17.0. The van der Waals surface area contributed by atoms with Crippen LogP contribution >= 0.6 is 0 Å².